The Morgan fingerprint density at radius 1 is 1.40 bits per heavy atom. The quantitative estimate of drug-likeness (QED) is 0.866. The fourth-order valence-corrected chi connectivity index (χ4v) is 3.66. The van der Waals surface area contributed by atoms with Crippen LogP contribution in [0.3, 0.4) is 0 Å². The summed E-state index contributed by atoms with van der Waals surface area (Å²) in [6.45, 7) is 6.36. The van der Waals surface area contributed by atoms with Gasteiger partial charge in [0.2, 0.25) is 0 Å². The number of hydrogen-bond acceptors (Lipinski definition) is 3. The second kappa shape index (κ2) is 5.19. The summed E-state index contributed by atoms with van der Waals surface area (Å²) >= 11 is 0. The lowest BCUT2D eigenvalue weighted by atomic mass is 9.81. The molecule has 0 spiro atoms. The third-order valence-corrected chi connectivity index (χ3v) is 4.63. The van der Waals surface area contributed by atoms with Crippen LogP contribution in [0.25, 0.3) is 0 Å². The molecular formula is C16H22N2O2. The van der Waals surface area contributed by atoms with E-state index in [0.717, 1.165) is 30.6 Å². The molecule has 1 aromatic rings. The number of aryl methyl sites for hydroxylation is 2. The lowest BCUT2D eigenvalue weighted by Gasteiger charge is -2.38. The third-order valence-electron chi connectivity index (χ3n) is 4.63. The van der Waals surface area contributed by atoms with E-state index in [0.29, 0.717) is 12.5 Å². The predicted molar refractivity (Wildman–Crippen MR) is 78.1 cm³/mol. The van der Waals surface area contributed by atoms with Gasteiger partial charge in [-0.05, 0) is 30.0 Å². The van der Waals surface area contributed by atoms with E-state index in [1.165, 1.54) is 11.1 Å². The highest BCUT2D eigenvalue weighted by atomic mass is 16.3. The minimum Gasteiger partial charge on any atom is -0.395 e. The number of carbonyl (C=O) groups excluding carboxylic acids is 1. The van der Waals surface area contributed by atoms with Gasteiger partial charge >= 0.3 is 0 Å². The van der Waals surface area contributed by atoms with Crippen LogP contribution in [0.1, 0.15) is 39.9 Å². The van der Waals surface area contributed by atoms with Gasteiger partial charge in [-0.25, -0.2) is 0 Å². The Morgan fingerprint density at radius 2 is 2.20 bits per heavy atom. The fourth-order valence-electron chi connectivity index (χ4n) is 3.66. The van der Waals surface area contributed by atoms with Gasteiger partial charge in [-0.3, -0.25) is 4.79 Å². The van der Waals surface area contributed by atoms with Crippen LogP contribution in [0.15, 0.2) is 12.1 Å². The van der Waals surface area contributed by atoms with E-state index >= 15 is 0 Å². The molecule has 2 atom stereocenters. The SMILES string of the molecule is CCc1cc(C)c2c(c1)[C@@H]1CNC[C@H]1N(CCO)C2=O. The van der Waals surface area contributed by atoms with Gasteiger partial charge < -0.3 is 15.3 Å². The molecule has 1 fully saturated rings. The normalized spacial score (nSPS) is 24.8. The highest BCUT2D eigenvalue weighted by molar-refractivity contribution is 5.99. The van der Waals surface area contributed by atoms with E-state index in [-0.39, 0.29) is 18.6 Å². The molecule has 1 aromatic carbocycles. The number of fused-ring (bicyclic) bond motifs is 3. The molecule has 2 aliphatic rings. The Balaban J connectivity index is 2.13. The number of carbonyl (C=O) groups is 1. The molecule has 2 aliphatic heterocycles. The van der Waals surface area contributed by atoms with Crippen molar-refractivity contribution in [2.24, 2.45) is 0 Å². The van der Waals surface area contributed by atoms with Crippen LogP contribution in [0.4, 0.5) is 0 Å². The summed E-state index contributed by atoms with van der Waals surface area (Å²) in [5.41, 5.74) is 4.43. The van der Waals surface area contributed by atoms with Crippen LogP contribution < -0.4 is 5.32 Å². The number of aliphatic hydroxyl groups is 1. The summed E-state index contributed by atoms with van der Waals surface area (Å²) < 4.78 is 0. The van der Waals surface area contributed by atoms with Crippen molar-refractivity contribution in [3.63, 3.8) is 0 Å². The minimum atomic E-state index is 0.0242. The standard InChI is InChI=1S/C16H22N2O2/c1-3-11-6-10(2)15-12(7-11)13-8-17-9-14(13)18(4-5-19)16(15)20/h6-7,13-14,17,19H,3-5,8-9H2,1-2H3/t13-,14+/m0/s1. The zero-order chi connectivity index (χ0) is 14.3. The highest BCUT2D eigenvalue weighted by Gasteiger charge is 2.42. The Labute approximate surface area is 119 Å². The van der Waals surface area contributed by atoms with Gasteiger partial charge in [0.05, 0.1) is 12.6 Å². The van der Waals surface area contributed by atoms with Crippen molar-refractivity contribution in [3.05, 3.63) is 34.4 Å². The molecule has 3 rings (SSSR count). The highest BCUT2D eigenvalue weighted by Crippen LogP contribution is 2.37. The lowest BCUT2D eigenvalue weighted by Crippen LogP contribution is -2.49. The van der Waals surface area contributed by atoms with Gasteiger partial charge in [0, 0.05) is 31.1 Å². The molecule has 2 N–H and O–H groups in total. The molecule has 0 aliphatic carbocycles. The number of nitrogens with one attached hydrogen (secondary N) is 1. The van der Waals surface area contributed by atoms with E-state index in [1.54, 1.807) is 0 Å². The largest absolute Gasteiger partial charge is 0.395 e. The van der Waals surface area contributed by atoms with Crippen molar-refractivity contribution in [2.75, 3.05) is 26.2 Å². The van der Waals surface area contributed by atoms with Crippen molar-refractivity contribution >= 4 is 5.91 Å². The predicted octanol–water partition coefficient (Wildman–Crippen LogP) is 1.06. The zero-order valence-corrected chi connectivity index (χ0v) is 12.1. The number of β-amino-alcohol motifs (C(OH)–C–C–N with tert-alkyl or cyclic N) is 1. The summed E-state index contributed by atoms with van der Waals surface area (Å²) in [6, 6.07) is 4.52. The number of rotatable bonds is 3. The first-order valence-corrected chi connectivity index (χ1v) is 7.43. The van der Waals surface area contributed by atoms with Crippen molar-refractivity contribution in [2.45, 2.75) is 32.2 Å². The second-order valence-electron chi connectivity index (χ2n) is 5.78. The number of amides is 1. The topological polar surface area (TPSA) is 52.6 Å². The molecule has 2 heterocycles. The molecule has 0 saturated carbocycles. The van der Waals surface area contributed by atoms with Crippen LogP contribution in [0.2, 0.25) is 0 Å². The van der Waals surface area contributed by atoms with Gasteiger partial charge in [-0.2, -0.15) is 0 Å². The molecule has 1 amide bonds. The Hall–Kier alpha value is -1.39. The first-order valence-electron chi connectivity index (χ1n) is 7.43. The maximum atomic E-state index is 12.8. The van der Waals surface area contributed by atoms with Gasteiger partial charge in [0.1, 0.15) is 0 Å². The number of hydrogen-bond donors (Lipinski definition) is 2. The van der Waals surface area contributed by atoms with Crippen LogP contribution in [-0.4, -0.2) is 48.2 Å². The first kappa shape index (κ1) is 13.6. The molecule has 4 nitrogen and oxygen atoms in total. The molecule has 0 unspecified atom stereocenters. The molecule has 4 heteroatoms. The van der Waals surface area contributed by atoms with Gasteiger partial charge in [-0.15, -0.1) is 0 Å². The van der Waals surface area contributed by atoms with E-state index < -0.39 is 0 Å². The Morgan fingerprint density at radius 3 is 2.90 bits per heavy atom. The maximum Gasteiger partial charge on any atom is 0.254 e. The Bertz CT molecular complexity index is 542. The molecule has 0 aromatic heterocycles. The average Bonchev–Trinajstić information content (AvgIpc) is 2.92. The Kier molecular flexibility index (Phi) is 3.52. The third kappa shape index (κ3) is 1.95. The van der Waals surface area contributed by atoms with Crippen LogP contribution in [-0.2, 0) is 6.42 Å². The summed E-state index contributed by atoms with van der Waals surface area (Å²) in [7, 11) is 0. The number of benzene rings is 1. The zero-order valence-electron chi connectivity index (χ0n) is 12.1. The first-order chi connectivity index (χ1) is 9.67. The molecule has 1 saturated heterocycles. The van der Waals surface area contributed by atoms with Crippen molar-refractivity contribution in [1.82, 2.24) is 10.2 Å². The summed E-state index contributed by atoms with van der Waals surface area (Å²) in [6.07, 6.45) is 0.994. The fraction of sp³-hybridized carbons (Fsp3) is 0.562. The summed E-state index contributed by atoms with van der Waals surface area (Å²) in [5, 5.41) is 12.6. The van der Waals surface area contributed by atoms with E-state index in [9.17, 15) is 9.90 Å². The monoisotopic (exact) mass is 274 g/mol. The van der Waals surface area contributed by atoms with Gasteiger partial charge in [0.15, 0.2) is 0 Å². The molecule has 108 valence electrons. The van der Waals surface area contributed by atoms with E-state index in [1.807, 2.05) is 11.8 Å². The van der Waals surface area contributed by atoms with Crippen LogP contribution >= 0.6 is 0 Å². The molecule has 20 heavy (non-hydrogen) atoms. The second-order valence-corrected chi connectivity index (χ2v) is 5.78. The minimum absolute atomic E-state index is 0.0242. The molecular weight excluding hydrogens is 252 g/mol. The smallest absolute Gasteiger partial charge is 0.254 e. The summed E-state index contributed by atoms with van der Waals surface area (Å²) in [4.78, 5) is 14.6. The van der Waals surface area contributed by atoms with E-state index in [2.05, 4.69) is 24.4 Å². The van der Waals surface area contributed by atoms with Crippen molar-refractivity contribution in [1.29, 1.82) is 0 Å². The average molecular weight is 274 g/mol. The number of aliphatic hydroxyl groups excluding tert-OH is 1. The lowest BCUT2D eigenvalue weighted by molar-refractivity contribution is 0.0602. The molecule has 0 bridgehead atoms. The molecule has 0 radical (unpaired) electrons. The maximum absolute atomic E-state index is 12.8. The summed E-state index contributed by atoms with van der Waals surface area (Å²) in [5.74, 6) is 0.443. The van der Waals surface area contributed by atoms with Crippen LogP contribution in [0.5, 0.6) is 0 Å². The van der Waals surface area contributed by atoms with Gasteiger partial charge in [-0.1, -0.05) is 19.1 Å². The van der Waals surface area contributed by atoms with E-state index in [4.69, 9.17) is 0 Å². The number of nitrogens with zero attached hydrogens (tertiary/aromatic N) is 1. The van der Waals surface area contributed by atoms with Gasteiger partial charge in [0.25, 0.3) is 5.91 Å². The van der Waals surface area contributed by atoms with Crippen LogP contribution in [0, 0.1) is 6.92 Å². The van der Waals surface area contributed by atoms with Crippen molar-refractivity contribution in [3.8, 4) is 0 Å². The van der Waals surface area contributed by atoms with Crippen molar-refractivity contribution < 1.29 is 9.90 Å².